The molecule has 1 atom stereocenters. The average Bonchev–Trinajstić information content (AvgIpc) is 2.06. The van der Waals surface area contributed by atoms with Gasteiger partial charge in [-0.1, -0.05) is 39.0 Å². The Labute approximate surface area is 74.0 Å². The molecule has 1 fully saturated rings. The molecule has 70 valence electrons. The van der Waals surface area contributed by atoms with Crippen molar-refractivity contribution >= 4 is 5.97 Å². The maximum Gasteiger partial charge on any atom is 0.306 e. The van der Waals surface area contributed by atoms with Crippen LogP contribution in [0.2, 0.25) is 0 Å². The summed E-state index contributed by atoms with van der Waals surface area (Å²) < 4.78 is 0. The Balaban J connectivity index is 2.24. The van der Waals surface area contributed by atoms with E-state index in [-0.39, 0.29) is 5.92 Å². The van der Waals surface area contributed by atoms with Crippen molar-refractivity contribution in [1.82, 2.24) is 0 Å². The van der Waals surface area contributed by atoms with E-state index in [0.29, 0.717) is 5.92 Å². The second kappa shape index (κ2) is 4.48. The maximum atomic E-state index is 10.6. The third-order valence-corrected chi connectivity index (χ3v) is 2.83. The van der Waals surface area contributed by atoms with Crippen LogP contribution in [0.3, 0.4) is 0 Å². The van der Waals surface area contributed by atoms with E-state index >= 15 is 0 Å². The molecule has 2 heteroatoms. The molecule has 2 nitrogen and oxygen atoms in total. The van der Waals surface area contributed by atoms with E-state index in [1.165, 1.54) is 32.1 Å². The first-order valence-electron chi connectivity index (χ1n) is 4.93. The number of rotatable bonds is 3. The third-order valence-electron chi connectivity index (χ3n) is 2.83. The summed E-state index contributed by atoms with van der Waals surface area (Å²) in [7, 11) is 0. The number of carbonyl (C=O) groups is 1. The topological polar surface area (TPSA) is 37.3 Å². The lowest BCUT2D eigenvalue weighted by atomic mass is 9.83. The second-order valence-electron chi connectivity index (χ2n) is 3.98. The normalized spacial score (nSPS) is 22.1. The molecule has 0 aliphatic heterocycles. The van der Waals surface area contributed by atoms with Crippen LogP contribution < -0.4 is 0 Å². The summed E-state index contributed by atoms with van der Waals surface area (Å²) in [5.41, 5.74) is 0. The molecule has 0 spiro atoms. The highest BCUT2D eigenvalue weighted by atomic mass is 16.4. The molecule has 0 heterocycles. The Morgan fingerprint density at radius 1 is 1.42 bits per heavy atom. The number of hydrogen-bond acceptors (Lipinski definition) is 1. The van der Waals surface area contributed by atoms with E-state index in [1.54, 1.807) is 0 Å². The molecule has 0 aromatic rings. The number of carboxylic acid groups (broad SMARTS) is 1. The molecule has 0 radical (unpaired) electrons. The highest BCUT2D eigenvalue weighted by molar-refractivity contribution is 5.69. The van der Waals surface area contributed by atoms with Gasteiger partial charge in [0.25, 0.3) is 0 Å². The molecule has 1 aliphatic rings. The molecule has 0 aromatic carbocycles. The number of hydrogen-bond donors (Lipinski definition) is 1. The van der Waals surface area contributed by atoms with Crippen LogP contribution in [0.25, 0.3) is 0 Å². The van der Waals surface area contributed by atoms with E-state index in [0.717, 1.165) is 6.42 Å². The molecular weight excluding hydrogens is 152 g/mol. The Morgan fingerprint density at radius 2 is 2.00 bits per heavy atom. The van der Waals surface area contributed by atoms with Crippen LogP contribution in [0, 0.1) is 11.8 Å². The minimum absolute atomic E-state index is 0.145. The predicted molar refractivity (Wildman–Crippen MR) is 48.0 cm³/mol. The highest BCUT2D eigenvalue weighted by Gasteiger charge is 2.19. The van der Waals surface area contributed by atoms with Crippen molar-refractivity contribution in [2.45, 2.75) is 45.4 Å². The minimum atomic E-state index is -0.638. The van der Waals surface area contributed by atoms with E-state index in [9.17, 15) is 4.79 Å². The van der Waals surface area contributed by atoms with Crippen LogP contribution in [0.5, 0.6) is 0 Å². The summed E-state index contributed by atoms with van der Waals surface area (Å²) in [5, 5.41) is 8.71. The SMILES string of the molecule is C[C@H](CC1CCCCC1)C(=O)O. The zero-order valence-corrected chi connectivity index (χ0v) is 7.75. The van der Waals surface area contributed by atoms with Gasteiger partial charge in [-0.15, -0.1) is 0 Å². The fourth-order valence-corrected chi connectivity index (χ4v) is 2.02. The standard InChI is InChI=1S/C10H18O2/c1-8(10(11)12)7-9-5-3-2-4-6-9/h8-9H,2-7H2,1H3,(H,11,12)/t8-/m1/s1. The van der Waals surface area contributed by atoms with Crippen molar-refractivity contribution in [3.05, 3.63) is 0 Å². The smallest absolute Gasteiger partial charge is 0.306 e. The summed E-state index contributed by atoms with van der Waals surface area (Å²) in [6.45, 7) is 1.82. The maximum absolute atomic E-state index is 10.6. The van der Waals surface area contributed by atoms with Crippen LogP contribution in [0.4, 0.5) is 0 Å². The van der Waals surface area contributed by atoms with Crippen LogP contribution in [0.15, 0.2) is 0 Å². The van der Waals surface area contributed by atoms with E-state index in [2.05, 4.69) is 0 Å². The average molecular weight is 170 g/mol. The summed E-state index contributed by atoms with van der Waals surface area (Å²) in [6.07, 6.45) is 7.33. The van der Waals surface area contributed by atoms with Gasteiger partial charge in [-0.3, -0.25) is 4.79 Å². The molecule has 0 bridgehead atoms. The lowest BCUT2D eigenvalue weighted by Crippen LogP contribution is -2.16. The summed E-state index contributed by atoms with van der Waals surface area (Å²) in [6, 6.07) is 0. The van der Waals surface area contributed by atoms with Crippen molar-refractivity contribution in [3.8, 4) is 0 Å². The lowest BCUT2D eigenvalue weighted by molar-refractivity contribution is -0.141. The second-order valence-corrected chi connectivity index (χ2v) is 3.98. The molecular formula is C10H18O2. The lowest BCUT2D eigenvalue weighted by Gasteiger charge is -2.22. The van der Waals surface area contributed by atoms with E-state index < -0.39 is 5.97 Å². The molecule has 0 aromatic heterocycles. The molecule has 1 aliphatic carbocycles. The monoisotopic (exact) mass is 170 g/mol. The zero-order chi connectivity index (χ0) is 8.97. The fraction of sp³-hybridized carbons (Fsp3) is 0.900. The van der Waals surface area contributed by atoms with Gasteiger partial charge in [0.1, 0.15) is 0 Å². The van der Waals surface area contributed by atoms with Gasteiger partial charge in [-0.05, 0) is 12.3 Å². The Kier molecular flexibility index (Phi) is 3.57. The van der Waals surface area contributed by atoms with Crippen LogP contribution >= 0.6 is 0 Å². The van der Waals surface area contributed by atoms with Crippen molar-refractivity contribution < 1.29 is 9.90 Å². The van der Waals surface area contributed by atoms with Crippen molar-refractivity contribution in [1.29, 1.82) is 0 Å². The molecule has 0 unspecified atom stereocenters. The van der Waals surface area contributed by atoms with Gasteiger partial charge in [0.15, 0.2) is 0 Å². The molecule has 12 heavy (non-hydrogen) atoms. The molecule has 1 N–H and O–H groups in total. The van der Waals surface area contributed by atoms with Gasteiger partial charge in [0.2, 0.25) is 0 Å². The number of aliphatic carboxylic acids is 1. The molecule has 1 rings (SSSR count). The van der Waals surface area contributed by atoms with E-state index in [1.807, 2.05) is 6.92 Å². The summed E-state index contributed by atoms with van der Waals surface area (Å²) in [4.78, 5) is 10.6. The van der Waals surface area contributed by atoms with Crippen molar-refractivity contribution in [3.63, 3.8) is 0 Å². The van der Waals surface area contributed by atoms with Crippen LogP contribution in [-0.4, -0.2) is 11.1 Å². The first kappa shape index (κ1) is 9.56. The van der Waals surface area contributed by atoms with Gasteiger partial charge in [0, 0.05) is 0 Å². The highest BCUT2D eigenvalue weighted by Crippen LogP contribution is 2.28. The molecule has 0 amide bonds. The number of carboxylic acids is 1. The first-order valence-corrected chi connectivity index (χ1v) is 4.93. The zero-order valence-electron chi connectivity index (χ0n) is 7.75. The van der Waals surface area contributed by atoms with Crippen molar-refractivity contribution in [2.75, 3.05) is 0 Å². The van der Waals surface area contributed by atoms with Crippen LogP contribution in [0.1, 0.15) is 45.4 Å². The van der Waals surface area contributed by atoms with Gasteiger partial charge >= 0.3 is 5.97 Å². The van der Waals surface area contributed by atoms with E-state index in [4.69, 9.17) is 5.11 Å². The summed E-state index contributed by atoms with van der Waals surface area (Å²) >= 11 is 0. The van der Waals surface area contributed by atoms with Gasteiger partial charge < -0.3 is 5.11 Å². The Bertz CT molecular complexity index is 148. The first-order chi connectivity index (χ1) is 5.70. The Hall–Kier alpha value is -0.530. The predicted octanol–water partition coefficient (Wildman–Crippen LogP) is 2.68. The minimum Gasteiger partial charge on any atom is -0.481 e. The fourth-order valence-electron chi connectivity index (χ4n) is 2.02. The van der Waals surface area contributed by atoms with Gasteiger partial charge in [-0.25, -0.2) is 0 Å². The van der Waals surface area contributed by atoms with Crippen LogP contribution in [-0.2, 0) is 4.79 Å². The Morgan fingerprint density at radius 3 is 2.50 bits per heavy atom. The van der Waals surface area contributed by atoms with Gasteiger partial charge in [-0.2, -0.15) is 0 Å². The van der Waals surface area contributed by atoms with Crippen molar-refractivity contribution in [2.24, 2.45) is 11.8 Å². The quantitative estimate of drug-likeness (QED) is 0.707. The van der Waals surface area contributed by atoms with Gasteiger partial charge in [0.05, 0.1) is 5.92 Å². The molecule has 1 saturated carbocycles. The largest absolute Gasteiger partial charge is 0.481 e. The third kappa shape index (κ3) is 2.84. The summed E-state index contributed by atoms with van der Waals surface area (Å²) in [5.74, 6) is -0.0986. The molecule has 0 saturated heterocycles.